The molecule has 1 heteroatoms. The summed E-state index contributed by atoms with van der Waals surface area (Å²) in [5.41, 5.74) is 0.407. The molecule has 0 aromatic carbocycles. The SMILES string of the molecule is CCCC1CCC2(CC1)CO2. The van der Waals surface area contributed by atoms with Gasteiger partial charge >= 0.3 is 0 Å². The molecule has 0 bridgehead atoms. The molecule has 1 spiro atoms. The molecule has 1 saturated heterocycles. The standard InChI is InChI=1S/C10H18O/c1-2-3-9-4-6-10(7-5-9)8-11-10/h9H,2-8H2,1H3. The Morgan fingerprint density at radius 3 is 2.45 bits per heavy atom. The van der Waals surface area contributed by atoms with E-state index < -0.39 is 0 Å². The molecule has 0 unspecified atom stereocenters. The predicted molar refractivity (Wildman–Crippen MR) is 45.5 cm³/mol. The molecule has 64 valence electrons. The molecule has 1 heterocycles. The van der Waals surface area contributed by atoms with Crippen LogP contribution < -0.4 is 0 Å². The minimum absolute atomic E-state index is 0.407. The topological polar surface area (TPSA) is 12.5 Å². The molecule has 1 nitrogen and oxygen atoms in total. The molecular weight excluding hydrogens is 136 g/mol. The maximum atomic E-state index is 5.46. The zero-order chi connectivity index (χ0) is 7.73. The van der Waals surface area contributed by atoms with Crippen molar-refractivity contribution in [1.29, 1.82) is 0 Å². The van der Waals surface area contributed by atoms with Gasteiger partial charge in [-0.2, -0.15) is 0 Å². The van der Waals surface area contributed by atoms with Crippen molar-refractivity contribution in [3.05, 3.63) is 0 Å². The van der Waals surface area contributed by atoms with E-state index in [0.29, 0.717) is 5.60 Å². The Morgan fingerprint density at radius 2 is 2.00 bits per heavy atom. The molecule has 1 aliphatic carbocycles. The van der Waals surface area contributed by atoms with E-state index in [1.807, 2.05) is 0 Å². The average Bonchev–Trinajstić information content (AvgIpc) is 2.76. The lowest BCUT2D eigenvalue weighted by atomic mass is 9.80. The Balaban J connectivity index is 1.75. The molecule has 0 aromatic rings. The maximum absolute atomic E-state index is 5.46. The van der Waals surface area contributed by atoms with Crippen LogP contribution in [0.3, 0.4) is 0 Å². The Morgan fingerprint density at radius 1 is 1.36 bits per heavy atom. The fraction of sp³-hybridized carbons (Fsp3) is 1.00. The fourth-order valence-corrected chi connectivity index (χ4v) is 2.29. The third kappa shape index (κ3) is 1.58. The van der Waals surface area contributed by atoms with Gasteiger partial charge in [0.15, 0.2) is 0 Å². The Labute approximate surface area is 69.1 Å². The van der Waals surface area contributed by atoms with Crippen LogP contribution in [-0.2, 0) is 4.74 Å². The molecule has 0 amide bonds. The second-order valence-corrected chi connectivity index (χ2v) is 4.20. The first-order valence-corrected chi connectivity index (χ1v) is 4.99. The normalized spacial score (nSPS) is 42.8. The fourth-order valence-electron chi connectivity index (χ4n) is 2.29. The minimum Gasteiger partial charge on any atom is -0.370 e. The van der Waals surface area contributed by atoms with E-state index in [1.165, 1.54) is 38.5 Å². The van der Waals surface area contributed by atoms with Gasteiger partial charge in [-0.25, -0.2) is 0 Å². The van der Waals surface area contributed by atoms with Gasteiger partial charge in [0.25, 0.3) is 0 Å². The Bertz CT molecular complexity index is 128. The molecule has 2 rings (SSSR count). The van der Waals surface area contributed by atoms with Crippen molar-refractivity contribution in [2.45, 2.75) is 51.0 Å². The molecule has 0 N–H and O–H groups in total. The van der Waals surface area contributed by atoms with E-state index in [4.69, 9.17) is 4.74 Å². The Hall–Kier alpha value is -0.0400. The highest BCUT2D eigenvalue weighted by molar-refractivity contribution is 4.95. The number of rotatable bonds is 2. The molecule has 0 atom stereocenters. The third-order valence-corrected chi connectivity index (χ3v) is 3.27. The van der Waals surface area contributed by atoms with Crippen molar-refractivity contribution in [3.63, 3.8) is 0 Å². The van der Waals surface area contributed by atoms with E-state index in [1.54, 1.807) is 0 Å². The highest BCUT2D eigenvalue weighted by Crippen LogP contribution is 2.44. The average molecular weight is 154 g/mol. The summed E-state index contributed by atoms with van der Waals surface area (Å²) in [6, 6.07) is 0. The van der Waals surface area contributed by atoms with E-state index in [2.05, 4.69) is 6.92 Å². The summed E-state index contributed by atoms with van der Waals surface area (Å²) in [4.78, 5) is 0. The molecule has 0 aromatic heterocycles. The summed E-state index contributed by atoms with van der Waals surface area (Å²) in [6.07, 6.45) is 8.34. The zero-order valence-corrected chi connectivity index (χ0v) is 7.44. The van der Waals surface area contributed by atoms with Crippen LogP contribution in [0.1, 0.15) is 45.4 Å². The number of ether oxygens (including phenoxy) is 1. The second kappa shape index (κ2) is 2.78. The molecule has 2 aliphatic rings. The van der Waals surface area contributed by atoms with Gasteiger partial charge < -0.3 is 4.74 Å². The van der Waals surface area contributed by atoms with E-state index in [-0.39, 0.29) is 0 Å². The third-order valence-electron chi connectivity index (χ3n) is 3.27. The number of epoxide rings is 1. The highest BCUT2D eigenvalue weighted by atomic mass is 16.6. The molecule has 11 heavy (non-hydrogen) atoms. The van der Waals surface area contributed by atoms with E-state index >= 15 is 0 Å². The predicted octanol–water partition coefficient (Wildman–Crippen LogP) is 2.75. The van der Waals surface area contributed by atoms with Crippen LogP contribution in [0.15, 0.2) is 0 Å². The largest absolute Gasteiger partial charge is 0.370 e. The second-order valence-electron chi connectivity index (χ2n) is 4.20. The molecule has 1 saturated carbocycles. The molecule has 2 fully saturated rings. The van der Waals surface area contributed by atoms with Crippen LogP contribution in [0.5, 0.6) is 0 Å². The van der Waals surface area contributed by atoms with Gasteiger partial charge in [-0.1, -0.05) is 19.8 Å². The Kier molecular flexibility index (Phi) is 1.92. The van der Waals surface area contributed by atoms with Gasteiger partial charge in [0.1, 0.15) is 0 Å². The monoisotopic (exact) mass is 154 g/mol. The number of hydrogen-bond donors (Lipinski definition) is 0. The van der Waals surface area contributed by atoms with Gasteiger partial charge in [0.05, 0.1) is 12.2 Å². The summed E-state index contributed by atoms with van der Waals surface area (Å²) in [5, 5.41) is 0. The van der Waals surface area contributed by atoms with Crippen molar-refractivity contribution < 1.29 is 4.74 Å². The smallest absolute Gasteiger partial charge is 0.0916 e. The zero-order valence-electron chi connectivity index (χ0n) is 7.44. The van der Waals surface area contributed by atoms with Crippen molar-refractivity contribution in [1.82, 2.24) is 0 Å². The first-order valence-electron chi connectivity index (χ1n) is 4.99. The van der Waals surface area contributed by atoms with Crippen LogP contribution in [0.4, 0.5) is 0 Å². The molecular formula is C10H18O. The van der Waals surface area contributed by atoms with Gasteiger partial charge in [0.2, 0.25) is 0 Å². The number of hydrogen-bond acceptors (Lipinski definition) is 1. The van der Waals surface area contributed by atoms with E-state index in [0.717, 1.165) is 12.5 Å². The van der Waals surface area contributed by atoms with Crippen molar-refractivity contribution in [3.8, 4) is 0 Å². The summed E-state index contributed by atoms with van der Waals surface area (Å²) in [5.74, 6) is 1.02. The summed E-state index contributed by atoms with van der Waals surface area (Å²) >= 11 is 0. The van der Waals surface area contributed by atoms with Gasteiger partial charge in [0, 0.05) is 0 Å². The maximum Gasteiger partial charge on any atom is 0.0916 e. The summed E-state index contributed by atoms with van der Waals surface area (Å²) < 4.78 is 5.46. The van der Waals surface area contributed by atoms with Crippen LogP contribution in [0, 0.1) is 5.92 Å². The minimum atomic E-state index is 0.407. The summed E-state index contributed by atoms with van der Waals surface area (Å²) in [7, 11) is 0. The van der Waals surface area contributed by atoms with Crippen LogP contribution in [0.25, 0.3) is 0 Å². The lowest BCUT2D eigenvalue weighted by Gasteiger charge is -2.25. The first-order chi connectivity index (χ1) is 5.35. The van der Waals surface area contributed by atoms with E-state index in [9.17, 15) is 0 Å². The van der Waals surface area contributed by atoms with Gasteiger partial charge in [-0.3, -0.25) is 0 Å². The van der Waals surface area contributed by atoms with Gasteiger partial charge in [-0.05, 0) is 31.6 Å². The van der Waals surface area contributed by atoms with Crippen LogP contribution in [0.2, 0.25) is 0 Å². The van der Waals surface area contributed by atoms with Crippen molar-refractivity contribution in [2.75, 3.05) is 6.61 Å². The van der Waals surface area contributed by atoms with Crippen molar-refractivity contribution in [2.24, 2.45) is 5.92 Å². The first kappa shape index (κ1) is 7.60. The van der Waals surface area contributed by atoms with Gasteiger partial charge in [-0.15, -0.1) is 0 Å². The van der Waals surface area contributed by atoms with Crippen LogP contribution >= 0.6 is 0 Å². The molecule has 1 aliphatic heterocycles. The molecule has 0 radical (unpaired) electrons. The summed E-state index contributed by atoms with van der Waals surface area (Å²) in [6.45, 7) is 3.35. The lowest BCUT2D eigenvalue weighted by Crippen LogP contribution is -2.21. The highest BCUT2D eigenvalue weighted by Gasteiger charge is 2.46. The van der Waals surface area contributed by atoms with Crippen molar-refractivity contribution >= 4 is 0 Å². The van der Waals surface area contributed by atoms with Crippen LogP contribution in [-0.4, -0.2) is 12.2 Å². The lowest BCUT2D eigenvalue weighted by molar-refractivity contribution is 0.193. The quantitative estimate of drug-likeness (QED) is 0.557.